The number of rotatable bonds is 15. The van der Waals surface area contributed by atoms with Crippen LogP contribution in [0.15, 0.2) is 91.5 Å². The molecular weight excluding hydrogens is 763 g/mol. The van der Waals surface area contributed by atoms with Gasteiger partial charge in [-0.15, -0.1) is 6.58 Å². The molecule has 2 saturated carbocycles. The number of benzene rings is 3. The fourth-order valence-electron chi connectivity index (χ4n) is 6.51. The smallest absolute Gasteiger partial charge is 0.408 e. The average molecular weight is 812 g/mol. The van der Waals surface area contributed by atoms with Crippen molar-refractivity contribution in [2.75, 3.05) is 7.11 Å². The number of carbonyl (C=O) groups is 4. The standard InChI is InChI=1S/C43H49N5O9S/c1-8-28-24-43(28,40(51)48-58(53,54)31-19-20-31)47-39(50)37(45-38(49)36(25(2)3)46-41(52)57-42(4,5)6)27-14-16-29(17-15-27)56-35-23-33(26-12-10-9-11-13-26)44-34-22-30(55-7)18-21-32(34)35/h8-18,21-23,25,28,31,36-37H,1,19-20,24H2,2-7H3,(H,45,49)(H,46,52)(H,47,50)(H,48,51)/t28-,36+,37+,43-/m1/s1. The summed E-state index contributed by atoms with van der Waals surface area (Å²) in [5.74, 6) is -1.82. The molecule has 2 aliphatic rings. The van der Waals surface area contributed by atoms with E-state index in [0.717, 1.165) is 10.9 Å². The van der Waals surface area contributed by atoms with Gasteiger partial charge >= 0.3 is 6.09 Å². The molecule has 15 heteroatoms. The maximum Gasteiger partial charge on any atom is 0.408 e. The van der Waals surface area contributed by atoms with E-state index in [9.17, 15) is 27.6 Å². The number of fused-ring (bicyclic) bond motifs is 1. The summed E-state index contributed by atoms with van der Waals surface area (Å²) in [5.41, 5.74) is 0.0645. The van der Waals surface area contributed by atoms with Gasteiger partial charge in [0, 0.05) is 29.0 Å². The monoisotopic (exact) mass is 811 g/mol. The summed E-state index contributed by atoms with van der Waals surface area (Å²) in [7, 11) is -2.35. The first-order chi connectivity index (χ1) is 27.4. The van der Waals surface area contributed by atoms with E-state index in [0.29, 0.717) is 46.9 Å². The Morgan fingerprint density at radius 1 is 0.914 bits per heavy atom. The quantitative estimate of drug-likeness (QED) is 0.102. The molecule has 0 saturated heterocycles. The number of hydrogen-bond donors (Lipinski definition) is 4. The van der Waals surface area contributed by atoms with Crippen molar-refractivity contribution in [2.24, 2.45) is 11.8 Å². The van der Waals surface area contributed by atoms with Gasteiger partial charge in [-0.3, -0.25) is 19.1 Å². The molecule has 1 aromatic heterocycles. The van der Waals surface area contributed by atoms with Crippen molar-refractivity contribution >= 4 is 44.7 Å². The van der Waals surface area contributed by atoms with Crippen LogP contribution in [-0.2, 0) is 29.1 Å². The molecule has 3 aromatic carbocycles. The van der Waals surface area contributed by atoms with Gasteiger partial charge in [0.2, 0.25) is 21.8 Å². The first-order valence-electron chi connectivity index (χ1n) is 19.1. The van der Waals surface area contributed by atoms with Crippen LogP contribution >= 0.6 is 0 Å². The van der Waals surface area contributed by atoms with E-state index in [1.807, 2.05) is 48.5 Å². The van der Waals surface area contributed by atoms with E-state index in [1.165, 1.54) is 6.08 Å². The molecule has 4 aromatic rings. The molecular formula is C43H49N5O9S. The first kappa shape index (κ1) is 41.7. The topological polar surface area (TPSA) is 191 Å². The Kier molecular flexibility index (Phi) is 11.8. The predicted octanol–water partition coefficient (Wildman–Crippen LogP) is 6.08. The van der Waals surface area contributed by atoms with Crippen molar-refractivity contribution in [1.82, 2.24) is 25.7 Å². The van der Waals surface area contributed by atoms with Gasteiger partial charge in [-0.2, -0.15) is 0 Å². The van der Waals surface area contributed by atoms with E-state index in [4.69, 9.17) is 19.2 Å². The van der Waals surface area contributed by atoms with Crippen molar-refractivity contribution in [3.63, 3.8) is 0 Å². The Bertz CT molecular complexity index is 2320. The highest BCUT2D eigenvalue weighted by molar-refractivity contribution is 7.91. The zero-order valence-corrected chi connectivity index (χ0v) is 34.1. The molecule has 0 bridgehead atoms. The Morgan fingerprint density at radius 2 is 1.59 bits per heavy atom. The molecule has 2 fully saturated rings. The number of alkyl carbamates (subject to hydrolysis) is 1. The van der Waals surface area contributed by atoms with E-state index in [2.05, 4.69) is 27.3 Å². The van der Waals surface area contributed by atoms with Crippen LogP contribution in [0.2, 0.25) is 0 Å². The van der Waals surface area contributed by atoms with E-state index in [1.54, 1.807) is 72.1 Å². The Labute approximate surface area is 338 Å². The van der Waals surface area contributed by atoms with Crippen LogP contribution in [0.3, 0.4) is 0 Å². The first-order valence-corrected chi connectivity index (χ1v) is 20.6. The van der Waals surface area contributed by atoms with Crippen molar-refractivity contribution in [2.45, 2.75) is 82.4 Å². The second-order valence-corrected chi connectivity index (χ2v) is 17.9. The van der Waals surface area contributed by atoms with Crippen LogP contribution in [0.25, 0.3) is 22.2 Å². The lowest BCUT2D eigenvalue weighted by molar-refractivity contribution is -0.133. The van der Waals surface area contributed by atoms with E-state index < -0.39 is 74.1 Å². The minimum absolute atomic E-state index is 0.104. The Morgan fingerprint density at radius 3 is 2.17 bits per heavy atom. The predicted molar refractivity (Wildman–Crippen MR) is 218 cm³/mol. The Hall–Kier alpha value is -5.96. The molecule has 4 N–H and O–H groups in total. The van der Waals surface area contributed by atoms with Gasteiger partial charge in [0.1, 0.15) is 40.5 Å². The highest BCUT2D eigenvalue weighted by atomic mass is 32.2. The fraction of sp³-hybridized carbons (Fsp3) is 0.372. The molecule has 0 radical (unpaired) electrons. The maximum atomic E-state index is 14.3. The number of ether oxygens (including phenoxy) is 3. The fourth-order valence-corrected chi connectivity index (χ4v) is 7.87. The van der Waals surface area contributed by atoms with Crippen LogP contribution in [0.4, 0.5) is 4.79 Å². The van der Waals surface area contributed by atoms with Crippen LogP contribution in [0, 0.1) is 11.8 Å². The van der Waals surface area contributed by atoms with Gasteiger partial charge in [-0.25, -0.2) is 18.2 Å². The number of methoxy groups -OCH3 is 1. The van der Waals surface area contributed by atoms with Crippen LogP contribution in [0.1, 0.15) is 65.5 Å². The van der Waals surface area contributed by atoms with Gasteiger partial charge in [0.25, 0.3) is 5.91 Å². The molecule has 58 heavy (non-hydrogen) atoms. The molecule has 6 rings (SSSR count). The lowest BCUT2D eigenvalue weighted by atomic mass is 10.0. The van der Waals surface area contributed by atoms with Gasteiger partial charge in [0.05, 0.1) is 23.6 Å². The van der Waals surface area contributed by atoms with Crippen molar-refractivity contribution in [1.29, 1.82) is 0 Å². The summed E-state index contributed by atoms with van der Waals surface area (Å²) < 4.78 is 44.9. The number of nitrogens with one attached hydrogen (secondary N) is 4. The SMILES string of the molecule is C=C[C@@H]1C[C@]1(NC(=O)[C@@H](NC(=O)[C@@H](NC(=O)OC(C)(C)C)C(C)C)c1ccc(Oc2cc(-c3ccccc3)nc3cc(OC)ccc23)cc1)C(=O)NS(=O)(=O)C1CC1. The molecule has 14 nitrogen and oxygen atoms in total. The van der Waals surface area contributed by atoms with Crippen molar-refractivity contribution < 1.29 is 41.8 Å². The van der Waals surface area contributed by atoms with Crippen molar-refractivity contribution in [3.05, 3.63) is 97.1 Å². The number of nitrogens with zero attached hydrogens (tertiary/aromatic N) is 1. The molecule has 0 spiro atoms. The lowest BCUT2D eigenvalue weighted by Crippen LogP contribution is -2.57. The minimum Gasteiger partial charge on any atom is -0.497 e. The highest BCUT2D eigenvalue weighted by Crippen LogP contribution is 2.45. The van der Waals surface area contributed by atoms with Gasteiger partial charge < -0.3 is 30.2 Å². The third-order valence-corrected chi connectivity index (χ3v) is 11.7. The number of amides is 4. The zero-order chi connectivity index (χ0) is 42.0. The van der Waals surface area contributed by atoms with Gasteiger partial charge in [0.15, 0.2) is 0 Å². The third kappa shape index (κ3) is 9.59. The minimum atomic E-state index is -3.93. The summed E-state index contributed by atoms with van der Waals surface area (Å²) in [4.78, 5) is 59.4. The molecule has 2 aliphatic carbocycles. The largest absolute Gasteiger partial charge is 0.497 e. The highest BCUT2D eigenvalue weighted by Gasteiger charge is 2.61. The lowest BCUT2D eigenvalue weighted by Gasteiger charge is -2.28. The second-order valence-electron chi connectivity index (χ2n) is 15.9. The number of hydrogen-bond acceptors (Lipinski definition) is 10. The summed E-state index contributed by atoms with van der Waals surface area (Å²) in [6, 6.07) is 20.9. The third-order valence-electron chi connectivity index (χ3n) is 9.91. The molecule has 4 atom stereocenters. The number of pyridine rings is 1. The summed E-state index contributed by atoms with van der Waals surface area (Å²) in [5, 5.41) is 8.15. The molecule has 0 aliphatic heterocycles. The Balaban J connectivity index is 1.31. The van der Waals surface area contributed by atoms with E-state index >= 15 is 0 Å². The average Bonchev–Trinajstić information content (AvgIpc) is 4.11. The number of aromatic nitrogens is 1. The van der Waals surface area contributed by atoms with Crippen LogP contribution in [0.5, 0.6) is 17.2 Å². The van der Waals surface area contributed by atoms with Crippen LogP contribution in [-0.4, -0.2) is 66.8 Å². The number of sulfonamides is 1. The van der Waals surface area contributed by atoms with Gasteiger partial charge in [-0.1, -0.05) is 62.4 Å². The molecule has 4 amide bonds. The normalized spacial score (nSPS) is 18.6. The molecule has 306 valence electrons. The maximum absolute atomic E-state index is 14.3. The summed E-state index contributed by atoms with van der Waals surface area (Å²) in [6.07, 6.45) is 1.64. The van der Waals surface area contributed by atoms with Crippen LogP contribution < -0.4 is 30.1 Å². The molecule has 1 heterocycles. The number of carbonyl (C=O) groups excluding carboxylic acids is 4. The van der Waals surface area contributed by atoms with E-state index in [-0.39, 0.29) is 6.42 Å². The van der Waals surface area contributed by atoms with Crippen molar-refractivity contribution in [3.8, 4) is 28.5 Å². The second kappa shape index (κ2) is 16.5. The zero-order valence-electron chi connectivity index (χ0n) is 33.3. The molecule has 0 unspecified atom stereocenters. The summed E-state index contributed by atoms with van der Waals surface area (Å²) >= 11 is 0. The summed E-state index contributed by atoms with van der Waals surface area (Å²) in [6.45, 7) is 12.3. The van der Waals surface area contributed by atoms with Gasteiger partial charge in [-0.05, 0) is 75.8 Å².